The summed E-state index contributed by atoms with van der Waals surface area (Å²) in [6, 6.07) is 13.0. The summed E-state index contributed by atoms with van der Waals surface area (Å²) in [7, 11) is -4.51. The van der Waals surface area contributed by atoms with E-state index < -0.39 is 44.3 Å². The number of amides is 1. The number of rotatable bonds is 9. The molecule has 0 saturated carbocycles. The molecule has 3 aromatic rings. The van der Waals surface area contributed by atoms with E-state index in [1.165, 1.54) is 36.4 Å². The number of para-hydroxylation sites is 2. The van der Waals surface area contributed by atoms with E-state index in [9.17, 15) is 31.2 Å². The Labute approximate surface area is 249 Å². The van der Waals surface area contributed by atoms with E-state index >= 15 is 0 Å². The predicted molar refractivity (Wildman–Crippen MR) is 150 cm³/mol. The number of halogens is 5. The highest BCUT2D eigenvalue weighted by molar-refractivity contribution is 7.92. The summed E-state index contributed by atoms with van der Waals surface area (Å²) < 4.78 is 78.1. The summed E-state index contributed by atoms with van der Waals surface area (Å²) in [5.41, 5.74) is -0.484. The smallest absolute Gasteiger partial charge is 0.454 e. The van der Waals surface area contributed by atoms with Crippen molar-refractivity contribution in [3.8, 4) is 17.2 Å². The van der Waals surface area contributed by atoms with Crippen LogP contribution in [0, 0.1) is 5.92 Å². The fourth-order valence-corrected chi connectivity index (χ4v) is 5.57. The van der Waals surface area contributed by atoms with Crippen molar-refractivity contribution in [3.63, 3.8) is 0 Å². The van der Waals surface area contributed by atoms with Gasteiger partial charge in [0, 0.05) is 17.6 Å². The molecule has 15 heteroatoms. The number of benzene rings is 3. The second-order valence-electron chi connectivity index (χ2n) is 9.23. The molecule has 1 heterocycles. The Balaban J connectivity index is 1.61. The number of hydrogen-bond acceptors (Lipinski definition) is 7. The number of hydrogen-bond donors (Lipinski definition) is 3. The molecule has 4 rings (SSSR count). The number of esters is 1. The first-order valence-corrected chi connectivity index (χ1v) is 14.7. The minimum absolute atomic E-state index is 0.0406. The van der Waals surface area contributed by atoms with Gasteiger partial charge in [-0.1, -0.05) is 35.3 Å². The van der Waals surface area contributed by atoms with E-state index in [-0.39, 0.29) is 34.7 Å². The summed E-state index contributed by atoms with van der Waals surface area (Å²) >= 11 is 12.1. The monoisotopic (exact) mass is 645 g/mol. The van der Waals surface area contributed by atoms with Crippen LogP contribution in [0.1, 0.15) is 23.2 Å². The Morgan fingerprint density at radius 1 is 0.952 bits per heavy atom. The van der Waals surface area contributed by atoms with Crippen molar-refractivity contribution < 1.29 is 40.7 Å². The van der Waals surface area contributed by atoms with Crippen LogP contribution in [-0.2, 0) is 14.8 Å². The van der Waals surface area contributed by atoms with E-state index in [1.807, 2.05) is 0 Å². The number of anilines is 1. The molecule has 3 N–H and O–H groups in total. The van der Waals surface area contributed by atoms with Crippen molar-refractivity contribution in [3.05, 3.63) is 76.3 Å². The van der Waals surface area contributed by atoms with Gasteiger partial charge in [0.1, 0.15) is 11.5 Å². The topological polar surface area (TPSA) is 123 Å². The van der Waals surface area contributed by atoms with Gasteiger partial charge in [-0.05, 0) is 74.3 Å². The van der Waals surface area contributed by atoms with E-state index in [1.54, 1.807) is 6.07 Å². The normalized spacial score (nSPS) is 14.2. The molecule has 0 radical (unpaired) electrons. The maximum Gasteiger partial charge on any atom is 0.491 e. The van der Waals surface area contributed by atoms with Gasteiger partial charge >= 0.3 is 12.1 Å². The average Bonchev–Trinajstić information content (AvgIpc) is 2.94. The minimum Gasteiger partial charge on any atom is -0.454 e. The maximum atomic E-state index is 13.3. The van der Waals surface area contributed by atoms with Crippen molar-refractivity contribution in [2.24, 2.45) is 5.92 Å². The fourth-order valence-electron chi connectivity index (χ4n) is 4.04. The number of piperidine rings is 1. The number of carbonyl (C=O) groups is 2. The SMILES string of the molecule is O=C(NCC1CCNCC1)c1ccc(S(=O)(=O)Nc2ccccc2Oc2ccc(Cl)cc2Cl)cc1OC(=O)C(F)(F)F. The summed E-state index contributed by atoms with van der Waals surface area (Å²) in [4.78, 5) is 23.9. The third-order valence-corrected chi connectivity index (χ3v) is 8.09. The van der Waals surface area contributed by atoms with Gasteiger partial charge in [0.25, 0.3) is 15.9 Å². The molecular formula is C27H24Cl2F3N3O6S. The Hall–Kier alpha value is -3.52. The van der Waals surface area contributed by atoms with Crippen LogP contribution in [0.2, 0.25) is 10.0 Å². The van der Waals surface area contributed by atoms with Gasteiger partial charge in [0.15, 0.2) is 5.75 Å². The van der Waals surface area contributed by atoms with Crippen LogP contribution in [-0.4, -0.2) is 46.1 Å². The van der Waals surface area contributed by atoms with Gasteiger partial charge in [-0.2, -0.15) is 13.2 Å². The van der Waals surface area contributed by atoms with Crippen LogP contribution in [0.3, 0.4) is 0 Å². The van der Waals surface area contributed by atoms with Crippen molar-refractivity contribution >= 4 is 50.8 Å². The maximum absolute atomic E-state index is 13.3. The van der Waals surface area contributed by atoms with Gasteiger partial charge in [0.05, 0.1) is 21.2 Å². The number of carbonyl (C=O) groups excluding carboxylic acids is 2. The van der Waals surface area contributed by atoms with Gasteiger partial charge in [-0.25, -0.2) is 13.2 Å². The Morgan fingerprint density at radius 3 is 2.36 bits per heavy atom. The first kappa shape index (κ1) is 31.4. The van der Waals surface area contributed by atoms with E-state index in [0.29, 0.717) is 11.1 Å². The quantitative estimate of drug-likeness (QED) is 0.199. The highest BCUT2D eigenvalue weighted by atomic mass is 35.5. The molecule has 1 saturated heterocycles. The summed E-state index contributed by atoms with van der Waals surface area (Å²) in [5, 5.41) is 6.31. The molecule has 0 unspecified atom stereocenters. The van der Waals surface area contributed by atoms with Crippen molar-refractivity contribution in [2.45, 2.75) is 23.9 Å². The molecule has 0 aliphatic carbocycles. The van der Waals surface area contributed by atoms with Crippen LogP contribution in [0.4, 0.5) is 18.9 Å². The zero-order chi connectivity index (χ0) is 30.5. The summed E-state index contributed by atoms with van der Waals surface area (Å²) in [5.74, 6) is -3.95. The lowest BCUT2D eigenvalue weighted by Gasteiger charge is -2.23. The Kier molecular flexibility index (Phi) is 9.87. The highest BCUT2D eigenvalue weighted by Gasteiger charge is 2.42. The molecule has 0 atom stereocenters. The lowest BCUT2D eigenvalue weighted by molar-refractivity contribution is -0.189. The molecule has 3 aromatic carbocycles. The van der Waals surface area contributed by atoms with E-state index in [0.717, 1.165) is 38.1 Å². The van der Waals surface area contributed by atoms with Crippen molar-refractivity contribution in [2.75, 3.05) is 24.4 Å². The van der Waals surface area contributed by atoms with E-state index in [4.69, 9.17) is 27.9 Å². The lowest BCUT2D eigenvalue weighted by atomic mass is 9.98. The van der Waals surface area contributed by atoms with Crippen LogP contribution >= 0.6 is 23.2 Å². The predicted octanol–water partition coefficient (Wildman–Crippen LogP) is 5.78. The summed E-state index contributed by atoms with van der Waals surface area (Å²) in [6.45, 7) is 1.76. The van der Waals surface area contributed by atoms with Crippen LogP contribution in [0.15, 0.2) is 65.6 Å². The first-order valence-electron chi connectivity index (χ1n) is 12.5. The van der Waals surface area contributed by atoms with Crippen molar-refractivity contribution in [1.82, 2.24) is 10.6 Å². The number of nitrogens with one attached hydrogen (secondary N) is 3. The molecule has 1 aliphatic heterocycles. The number of alkyl halides is 3. The highest BCUT2D eigenvalue weighted by Crippen LogP contribution is 2.36. The van der Waals surface area contributed by atoms with Crippen molar-refractivity contribution in [1.29, 1.82) is 0 Å². The largest absolute Gasteiger partial charge is 0.491 e. The van der Waals surface area contributed by atoms with Gasteiger partial charge in [0.2, 0.25) is 0 Å². The molecule has 1 aliphatic rings. The standard InChI is InChI=1S/C27H24Cl2F3N3O6S/c28-17-5-8-22(20(29)13-17)40-23-4-2-1-3-21(23)35-42(38,39)18-6-7-19(24(14-18)41-26(37)27(30,31)32)25(36)34-15-16-9-11-33-12-10-16/h1-8,13-14,16,33,35H,9-12,15H2,(H,34,36). The Morgan fingerprint density at radius 2 is 1.67 bits per heavy atom. The number of ether oxygens (including phenoxy) is 2. The summed E-state index contributed by atoms with van der Waals surface area (Å²) in [6.07, 6.45) is -3.82. The zero-order valence-corrected chi connectivity index (χ0v) is 24.0. The third-order valence-electron chi connectivity index (χ3n) is 6.20. The molecule has 224 valence electrons. The molecule has 0 aromatic heterocycles. The van der Waals surface area contributed by atoms with Crippen LogP contribution < -0.4 is 24.8 Å². The molecular weight excluding hydrogens is 622 g/mol. The van der Waals surface area contributed by atoms with Gasteiger partial charge in [-0.3, -0.25) is 9.52 Å². The third kappa shape index (κ3) is 8.06. The van der Waals surface area contributed by atoms with Crippen LogP contribution in [0.5, 0.6) is 17.2 Å². The lowest BCUT2D eigenvalue weighted by Crippen LogP contribution is -2.36. The first-order chi connectivity index (χ1) is 19.8. The van der Waals surface area contributed by atoms with Crippen LogP contribution in [0.25, 0.3) is 0 Å². The second-order valence-corrected chi connectivity index (χ2v) is 11.8. The van der Waals surface area contributed by atoms with E-state index in [2.05, 4.69) is 20.1 Å². The minimum atomic E-state index is -5.39. The number of sulfonamides is 1. The molecule has 1 fully saturated rings. The molecule has 0 spiro atoms. The second kappa shape index (κ2) is 13.2. The average molecular weight is 646 g/mol. The molecule has 9 nitrogen and oxygen atoms in total. The van der Waals surface area contributed by atoms with Gasteiger partial charge < -0.3 is 20.1 Å². The van der Waals surface area contributed by atoms with Gasteiger partial charge in [-0.15, -0.1) is 0 Å². The Bertz CT molecular complexity index is 1580. The zero-order valence-electron chi connectivity index (χ0n) is 21.6. The molecule has 42 heavy (non-hydrogen) atoms. The fraction of sp³-hybridized carbons (Fsp3) is 0.259. The molecule has 1 amide bonds. The molecule has 0 bridgehead atoms.